The van der Waals surface area contributed by atoms with Gasteiger partial charge >= 0.3 is 0 Å². The molecule has 0 radical (unpaired) electrons. The molecule has 102 valence electrons. The number of furan rings is 1. The standard InChI is InChI=1S/C17H16FNO/c18-14-8-4-7-13-11-16(20-17(13)14)15(19)10-9-12-5-2-1-3-6-12/h1-8,11,15H,9-10,19H2. The second kappa shape index (κ2) is 5.47. The van der Waals surface area contributed by atoms with Crippen LogP contribution in [0.1, 0.15) is 23.8 Å². The van der Waals surface area contributed by atoms with Gasteiger partial charge in [-0.05, 0) is 30.5 Å². The van der Waals surface area contributed by atoms with Gasteiger partial charge in [0.15, 0.2) is 11.4 Å². The SMILES string of the molecule is NC(CCc1ccccc1)c1cc2cccc(F)c2o1. The highest BCUT2D eigenvalue weighted by molar-refractivity contribution is 5.78. The minimum Gasteiger partial charge on any atom is -0.456 e. The fourth-order valence-corrected chi connectivity index (χ4v) is 2.34. The fourth-order valence-electron chi connectivity index (χ4n) is 2.34. The van der Waals surface area contributed by atoms with Crippen molar-refractivity contribution in [1.29, 1.82) is 0 Å². The van der Waals surface area contributed by atoms with Gasteiger partial charge in [0.1, 0.15) is 5.76 Å². The molecule has 0 fully saturated rings. The maximum Gasteiger partial charge on any atom is 0.169 e. The molecule has 0 aliphatic rings. The third-order valence-corrected chi connectivity index (χ3v) is 3.47. The molecule has 3 aromatic rings. The van der Waals surface area contributed by atoms with E-state index in [0.29, 0.717) is 5.76 Å². The van der Waals surface area contributed by atoms with Gasteiger partial charge in [-0.2, -0.15) is 0 Å². The Morgan fingerprint density at radius 3 is 2.60 bits per heavy atom. The van der Waals surface area contributed by atoms with Crippen molar-refractivity contribution in [2.75, 3.05) is 0 Å². The lowest BCUT2D eigenvalue weighted by Gasteiger charge is -2.08. The van der Waals surface area contributed by atoms with Crippen molar-refractivity contribution in [3.05, 3.63) is 71.7 Å². The summed E-state index contributed by atoms with van der Waals surface area (Å²) < 4.78 is 19.1. The quantitative estimate of drug-likeness (QED) is 0.770. The predicted molar refractivity (Wildman–Crippen MR) is 77.9 cm³/mol. The van der Waals surface area contributed by atoms with Crippen LogP contribution in [0, 0.1) is 5.82 Å². The molecule has 0 aliphatic heterocycles. The molecule has 1 heterocycles. The highest BCUT2D eigenvalue weighted by atomic mass is 19.1. The van der Waals surface area contributed by atoms with E-state index >= 15 is 0 Å². The van der Waals surface area contributed by atoms with Crippen molar-refractivity contribution in [3.8, 4) is 0 Å². The van der Waals surface area contributed by atoms with E-state index in [9.17, 15) is 4.39 Å². The van der Waals surface area contributed by atoms with Gasteiger partial charge in [-0.15, -0.1) is 0 Å². The van der Waals surface area contributed by atoms with E-state index in [1.54, 1.807) is 6.07 Å². The molecule has 2 nitrogen and oxygen atoms in total. The highest BCUT2D eigenvalue weighted by Gasteiger charge is 2.14. The summed E-state index contributed by atoms with van der Waals surface area (Å²) in [6.45, 7) is 0. The monoisotopic (exact) mass is 269 g/mol. The maximum absolute atomic E-state index is 13.6. The van der Waals surface area contributed by atoms with Crippen LogP contribution in [0.4, 0.5) is 4.39 Å². The van der Waals surface area contributed by atoms with Crippen molar-refractivity contribution in [1.82, 2.24) is 0 Å². The van der Waals surface area contributed by atoms with Crippen LogP contribution in [0.5, 0.6) is 0 Å². The zero-order valence-corrected chi connectivity index (χ0v) is 11.1. The first-order chi connectivity index (χ1) is 9.74. The number of para-hydroxylation sites is 1. The van der Waals surface area contributed by atoms with E-state index in [-0.39, 0.29) is 17.4 Å². The Labute approximate surface area is 117 Å². The van der Waals surface area contributed by atoms with Gasteiger partial charge in [0.05, 0.1) is 6.04 Å². The molecule has 3 heteroatoms. The van der Waals surface area contributed by atoms with E-state index in [2.05, 4.69) is 12.1 Å². The van der Waals surface area contributed by atoms with Crippen molar-refractivity contribution in [2.45, 2.75) is 18.9 Å². The molecule has 1 atom stereocenters. The van der Waals surface area contributed by atoms with Crippen LogP contribution < -0.4 is 5.73 Å². The Bertz CT molecular complexity index is 705. The van der Waals surface area contributed by atoms with Crippen molar-refractivity contribution < 1.29 is 8.81 Å². The van der Waals surface area contributed by atoms with E-state index in [1.165, 1.54) is 11.6 Å². The molecule has 3 rings (SSSR count). The topological polar surface area (TPSA) is 39.2 Å². The molecule has 2 aromatic carbocycles. The first-order valence-corrected chi connectivity index (χ1v) is 6.71. The first kappa shape index (κ1) is 12.9. The van der Waals surface area contributed by atoms with Gasteiger partial charge in [0.25, 0.3) is 0 Å². The lowest BCUT2D eigenvalue weighted by atomic mass is 10.0. The Hall–Kier alpha value is -2.13. The van der Waals surface area contributed by atoms with Gasteiger partial charge in [0, 0.05) is 5.39 Å². The number of fused-ring (bicyclic) bond motifs is 1. The first-order valence-electron chi connectivity index (χ1n) is 6.71. The summed E-state index contributed by atoms with van der Waals surface area (Å²) in [5, 5.41) is 0.759. The molecule has 0 saturated carbocycles. The number of hydrogen-bond donors (Lipinski definition) is 1. The van der Waals surface area contributed by atoms with Crippen LogP contribution >= 0.6 is 0 Å². The largest absolute Gasteiger partial charge is 0.456 e. The lowest BCUT2D eigenvalue weighted by molar-refractivity contribution is 0.465. The third-order valence-electron chi connectivity index (χ3n) is 3.47. The molecule has 0 amide bonds. The molecule has 0 aliphatic carbocycles. The summed E-state index contributed by atoms with van der Waals surface area (Å²) in [6.07, 6.45) is 1.65. The van der Waals surface area contributed by atoms with Crippen molar-refractivity contribution >= 4 is 11.0 Å². The molecule has 1 aromatic heterocycles. The Morgan fingerprint density at radius 1 is 1.05 bits per heavy atom. The smallest absolute Gasteiger partial charge is 0.169 e. The van der Waals surface area contributed by atoms with Crippen LogP contribution in [0.15, 0.2) is 59.0 Å². The summed E-state index contributed by atoms with van der Waals surface area (Å²) >= 11 is 0. The molecular formula is C17H16FNO. The molecule has 2 N–H and O–H groups in total. The zero-order valence-electron chi connectivity index (χ0n) is 11.1. The minimum atomic E-state index is -0.344. The van der Waals surface area contributed by atoms with Gasteiger partial charge in [-0.1, -0.05) is 42.5 Å². The molecule has 1 unspecified atom stereocenters. The van der Waals surface area contributed by atoms with Crippen LogP contribution in [0.2, 0.25) is 0 Å². The summed E-state index contributed by atoms with van der Waals surface area (Å²) in [5.41, 5.74) is 7.67. The molecule has 0 saturated heterocycles. The normalized spacial score (nSPS) is 12.7. The summed E-state index contributed by atoms with van der Waals surface area (Å²) in [6, 6.07) is 16.7. The van der Waals surface area contributed by atoms with E-state index in [4.69, 9.17) is 10.2 Å². The molecule has 0 spiro atoms. The van der Waals surface area contributed by atoms with Gasteiger partial charge in [-0.25, -0.2) is 4.39 Å². The van der Waals surface area contributed by atoms with Crippen LogP contribution in [0.3, 0.4) is 0 Å². The Morgan fingerprint density at radius 2 is 1.85 bits per heavy atom. The number of aryl methyl sites for hydroxylation is 1. The van der Waals surface area contributed by atoms with E-state index in [1.807, 2.05) is 30.3 Å². The summed E-state index contributed by atoms with van der Waals surface area (Å²) in [7, 11) is 0. The Balaban J connectivity index is 1.75. The summed E-state index contributed by atoms with van der Waals surface area (Å²) in [4.78, 5) is 0. The predicted octanol–water partition coefficient (Wildman–Crippen LogP) is 4.20. The number of nitrogens with two attached hydrogens (primary N) is 1. The third kappa shape index (κ3) is 2.58. The second-order valence-corrected chi connectivity index (χ2v) is 4.94. The van der Waals surface area contributed by atoms with Crippen molar-refractivity contribution in [3.63, 3.8) is 0 Å². The van der Waals surface area contributed by atoms with Crippen LogP contribution in [0.25, 0.3) is 11.0 Å². The number of rotatable bonds is 4. The van der Waals surface area contributed by atoms with Gasteiger partial charge in [-0.3, -0.25) is 0 Å². The average molecular weight is 269 g/mol. The highest BCUT2D eigenvalue weighted by Crippen LogP contribution is 2.26. The fraction of sp³-hybridized carbons (Fsp3) is 0.176. The number of benzene rings is 2. The lowest BCUT2D eigenvalue weighted by Crippen LogP contribution is -2.10. The van der Waals surface area contributed by atoms with Gasteiger partial charge < -0.3 is 10.2 Å². The number of halogens is 1. The van der Waals surface area contributed by atoms with Crippen molar-refractivity contribution in [2.24, 2.45) is 5.73 Å². The molecule has 20 heavy (non-hydrogen) atoms. The van der Waals surface area contributed by atoms with Crippen LogP contribution in [-0.4, -0.2) is 0 Å². The van der Waals surface area contributed by atoms with Gasteiger partial charge in [0.2, 0.25) is 0 Å². The Kier molecular flexibility index (Phi) is 3.52. The van der Waals surface area contributed by atoms with Crippen LogP contribution in [-0.2, 0) is 6.42 Å². The average Bonchev–Trinajstić information content (AvgIpc) is 2.91. The summed E-state index contributed by atoms with van der Waals surface area (Å²) in [5.74, 6) is 0.296. The minimum absolute atomic E-state index is 0.220. The number of hydrogen-bond acceptors (Lipinski definition) is 2. The molecular weight excluding hydrogens is 253 g/mol. The zero-order chi connectivity index (χ0) is 13.9. The second-order valence-electron chi connectivity index (χ2n) is 4.94. The maximum atomic E-state index is 13.6. The molecule has 0 bridgehead atoms. The van der Waals surface area contributed by atoms with E-state index in [0.717, 1.165) is 18.2 Å². The van der Waals surface area contributed by atoms with E-state index < -0.39 is 0 Å².